The van der Waals surface area contributed by atoms with Crippen molar-refractivity contribution in [1.29, 1.82) is 0 Å². The van der Waals surface area contributed by atoms with E-state index in [2.05, 4.69) is 5.32 Å². The van der Waals surface area contributed by atoms with Gasteiger partial charge in [-0.2, -0.15) is 0 Å². The predicted molar refractivity (Wildman–Crippen MR) is 60.5 cm³/mol. The number of hydrogen-bond acceptors (Lipinski definition) is 3. The molecule has 2 rings (SSSR count). The second-order valence-electron chi connectivity index (χ2n) is 5.07. The summed E-state index contributed by atoms with van der Waals surface area (Å²) in [5.41, 5.74) is -0.638. The first-order chi connectivity index (χ1) is 8.07. The number of aliphatic carboxylic acids is 1. The molecule has 2 aliphatic rings. The predicted octanol–water partition coefficient (Wildman–Crippen LogP) is 0.925. The molecular weight excluding hydrogens is 222 g/mol. The van der Waals surface area contributed by atoms with Crippen LogP contribution in [0.4, 0.5) is 0 Å². The highest BCUT2D eigenvalue weighted by atomic mass is 16.5. The molecule has 2 aliphatic carbocycles. The van der Waals surface area contributed by atoms with Crippen molar-refractivity contribution in [2.45, 2.75) is 50.2 Å². The summed E-state index contributed by atoms with van der Waals surface area (Å²) in [5.74, 6) is -1.13. The summed E-state index contributed by atoms with van der Waals surface area (Å²) in [6.45, 7) is 0. The Labute approximate surface area is 101 Å². The molecule has 0 radical (unpaired) electrons. The van der Waals surface area contributed by atoms with Gasteiger partial charge in [0, 0.05) is 13.2 Å². The second-order valence-corrected chi connectivity index (χ2v) is 5.07. The van der Waals surface area contributed by atoms with Gasteiger partial charge in [0.1, 0.15) is 5.60 Å². The third-order valence-corrected chi connectivity index (χ3v) is 4.08. The Morgan fingerprint density at radius 3 is 2.47 bits per heavy atom. The van der Waals surface area contributed by atoms with Crippen LogP contribution in [0.15, 0.2) is 0 Å². The van der Waals surface area contributed by atoms with Crippen molar-refractivity contribution in [3.8, 4) is 0 Å². The maximum absolute atomic E-state index is 12.0. The number of ether oxygens (including phenoxy) is 1. The lowest BCUT2D eigenvalue weighted by Crippen LogP contribution is -2.55. The van der Waals surface area contributed by atoms with Crippen molar-refractivity contribution in [3.63, 3.8) is 0 Å². The van der Waals surface area contributed by atoms with Gasteiger partial charge in [0.25, 0.3) is 5.91 Å². The van der Waals surface area contributed by atoms with Gasteiger partial charge in [0.2, 0.25) is 0 Å². The normalized spacial score (nSPS) is 30.6. The summed E-state index contributed by atoms with van der Waals surface area (Å²) < 4.78 is 5.29. The van der Waals surface area contributed by atoms with E-state index >= 15 is 0 Å². The molecule has 2 atom stereocenters. The van der Waals surface area contributed by atoms with Crippen LogP contribution in [0, 0.1) is 5.92 Å². The Bertz CT molecular complexity index is 319. The first-order valence-corrected chi connectivity index (χ1v) is 6.16. The van der Waals surface area contributed by atoms with Gasteiger partial charge in [-0.3, -0.25) is 9.59 Å². The van der Waals surface area contributed by atoms with Gasteiger partial charge >= 0.3 is 5.97 Å². The van der Waals surface area contributed by atoms with Crippen LogP contribution in [0.1, 0.15) is 38.5 Å². The number of carbonyl (C=O) groups excluding carboxylic acids is 1. The van der Waals surface area contributed by atoms with Crippen LogP contribution >= 0.6 is 0 Å². The highest BCUT2D eigenvalue weighted by molar-refractivity contribution is 5.86. The zero-order valence-corrected chi connectivity index (χ0v) is 10.1. The zero-order valence-electron chi connectivity index (χ0n) is 10.1. The van der Waals surface area contributed by atoms with E-state index in [1.807, 2.05) is 0 Å². The average Bonchev–Trinajstić information content (AvgIpc) is 2.65. The Morgan fingerprint density at radius 1 is 1.35 bits per heavy atom. The molecule has 0 aromatic heterocycles. The molecule has 0 saturated heterocycles. The van der Waals surface area contributed by atoms with E-state index in [1.54, 1.807) is 7.11 Å². The molecule has 5 heteroatoms. The highest BCUT2D eigenvalue weighted by Gasteiger charge is 2.45. The van der Waals surface area contributed by atoms with Gasteiger partial charge in [-0.1, -0.05) is 0 Å². The summed E-state index contributed by atoms with van der Waals surface area (Å²) >= 11 is 0. The number of nitrogens with one attached hydrogen (secondary N) is 1. The molecule has 0 aromatic carbocycles. The molecule has 17 heavy (non-hydrogen) atoms. The lowest BCUT2D eigenvalue weighted by atomic mass is 9.79. The number of carboxylic acids is 1. The van der Waals surface area contributed by atoms with Gasteiger partial charge in [0.15, 0.2) is 0 Å². The average molecular weight is 241 g/mol. The van der Waals surface area contributed by atoms with Gasteiger partial charge in [-0.05, 0) is 38.5 Å². The molecule has 0 unspecified atom stereocenters. The van der Waals surface area contributed by atoms with Crippen molar-refractivity contribution in [2.75, 3.05) is 7.11 Å². The minimum atomic E-state index is -0.758. The van der Waals surface area contributed by atoms with E-state index in [-0.39, 0.29) is 17.9 Å². The van der Waals surface area contributed by atoms with Crippen molar-refractivity contribution in [3.05, 3.63) is 0 Å². The standard InChI is InChI=1S/C12H19NO4/c1-17-12(5-2-6-12)11(16)13-9-4-3-8(7-9)10(14)15/h8-9H,2-7H2,1H3,(H,13,16)(H,14,15)/t8-,9+/m0/s1. The molecule has 96 valence electrons. The highest BCUT2D eigenvalue weighted by Crippen LogP contribution is 2.36. The van der Waals surface area contributed by atoms with Crippen molar-refractivity contribution >= 4 is 11.9 Å². The zero-order chi connectivity index (χ0) is 12.5. The van der Waals surface area contributed by atoms with Gasteiger partial charge in [-0.15, -0.1) is 0 Å². The largest absolute Gasteiger partial charge is 0.481 e. The fourth-order valence-corrected chi connectivity index (χ4v) is 2.68. The molecule has 2 N–H and O–H groups in total. The lowest BCUT2D eigenvalue weighted by molar-refractivity contribution is -0.155. The third-order valence-electron chi connectivity index (χ3n) is 4.08. The molecule has 5 nitrogen and oxygen atoms in total. The Morgan fingerprint density at radius 2 is 2.06 bits per heavy atom. The Hall–Kier alpha value is -1.10. The number of hydrogen-bond donors (Lipinski definition) is 2. The van der Waals surface area contributed by atoms with Crippen LogP contribution in [0.2, 0.25) is 0 Å². The van der Waals surface area contributed by atoms with Crippen LogP contribution in [-0.2, 0) is 14.3 Å². The van der Waals surface area contributed by atoms with Crippen LogP contribution in [-0.4, -0.2) is 35.7 Å². The molecule has 0 spiro atoms. The van der Waals surface area contributed by atoms with Gasteiger partial charge in [-0.25, -0.2) is 0 Å². The summed E-state index contributed by atoms with van der Waals surface area (Å²) in [5, 5.41) is 11.8. The SMILES string of the molecule is COC1(C(=O)N[C@@H]2CC[C@H](C(=O)O)C2)CCC1. The Balaban J connectivity index is 1.86. The third kappa shape index (κ3) is 2.29. The maximum atomic E-state index is 12.0. The minimum absolute atomic E-state index is 0.00350. The molecule has 0 aliphatic heterocycles. The van der Waals surface area contributed by atoms with Crippen LogP contribution in [0.5, 0.6) is 0 Å². The van der Waals surface area contributed by atoms with E-state index in [0.717, 1.165) is 25.7 Å². The fraction of sp³-hybridized carbons (Fsp3) is 0.833. The van der Waals surface area contributed by atoms with E-state index in [4.69, 9.17) is 9.84 Å². The molecule has 2 saturated carbocycles. The van der Waals surface area contributed by atoms with E-state index in [1.165, 1.54) is 0 Å². The summed E-state index contributed by atoms with van der Waals surface area (Å²) in [7, 11) is 1.56. The molecule has 0 heterocycles. The smallest absolute Gasteiger partial charge is 0.306 e. The number of methoxy groups -OCH3 is 1. The second kappa shape index (κ2) is 4.64. The van der Waals surface area contributed by atoms with E-state index in [0.29, 0.717) is 12.8 Å². The topological polar surface area (TPSA) is 75.6 Å². The lowest BCUT2D eigenvalue weighted by Gasteiger charge is -2.39. The number of carbonyl (C=O) groups is 2. The number of rotatable bonds is 4. The van der Waals surface area contributed by atoms with Crippen LogP contribution < -0.4 is 5.32 Å². The van der Waals surface area contributed by atoms with Crippen LogP contribution in [0.25, 0.3) is 0 Å². The molecule has 1 amide bonds. The van der Waals surface area contributed by atoms with Crippen LogP contribution in [0.3, 0.4) is 0 Å². The summed E-state index contributed by atoms with van der Waals surface area (Å²) in [4.78, 5) is 22.8. The molecule has 2 fully saturated rings. The first-order valence-electron chi connectivity index (χ1n) is 6.16. The van der Waals surface area contributed by atoms with Crippen molar-refractivity contribution in [1.82, 2.24) is 5.32 Å². The van der Waals surface area contributed by atoms with Gasteiger partial charge < -0.3 is 15.2 Å². The molecule has 0 bridgehead atoms. The fourth-order valence-electron chi connectivity index (χ4n) is 2.68. The minimum Gasteiger partial charge on any atom is -0.481 e. The number of amides is 1. The first kappa shape index (κ1) is 12.4. The van der Waals surface area contributed by atoms with Gasteiger partial charge in [0.05, 0.1) is 5.92 Å². The molecular formula is C12H19NO4. The maximum Gasteiger partial charge on any atom is 0.306 e. The summed E-state index contributed by atoms with van der Waals surface area (Å²) in [6, 6.07) is -0.00350. The molecule has 0 aromatic rings. The van der Waals surface area contributed by atoms with E-state index in [9.17, 15) is 9.59 Å². The van der Waals surface area contributed by atoms with Crippen molar-refractivity contribution < 1.29 is 19.4 Å². The monoisotopic (exact) mass is 241 g/mol. The number of carboxylic acid groups (broad SMARTS) is 1. The summed E-state index contributed by atoms with van der Waals surface area (Å²) in [6.07, 6.45) is 4.50. The Kier molecular flexibility index (Phi) is 3.38. The quantitative estimate of drug-likeness (QED) is 0.767. The van der Waals surface area contributed by atoms with E-state index < -0.39 is 11.6 Å². The van der Waals surface area contributed by atoms with Crippen molar-refractivity contribution in [2.24, 2.45) is 5.92 Å².